The maximum Gasteiger partial charge on any atom is 0.191 e. The van der Waals surface area contributed by atoms with Gasteiger partial charge >= 0.3 is 0 Å². The molecular formula is C18H32N4. The highest BCUT2D eigenvalue weighted by Crippen LogP contribution is 2.19. The summed E-state index contributed by atoms with van der Waals surface area (Å²) in [6.45, 7) is 11.7. The topological polar surface area (TPSA) is 39.7 Å². The van der Waals surface area contributed by atoms with Crippen molar-refractivity contribution in [1.29, 1.82) is 0 Å². The molecule has 0 heterocycles. The van der Waals surface area contributed by atoms with Gasteiger partial charge in [-0.25, -0.2) is 0 Å². The van der Waals surface area contributed by atoms with Gasteiger partial charge < -0.3 is 10.6 Å². The molecule has 1 aromatic carbocycles. The molecule has 0 aromatic heterocycles. The minimum atomic E-state index is 0.353. The van der Waals surface area contributed by atoms with Crippen LogP contribution in [0.2, 0.25) is 0 Å². The second kappa shape index (κ2) is 10.2. The van der Waals surface area contributed by atoms with Gasteiger partial charge in [0.15, 0.2) is 5.96 Å². The van der Waals surface area contributed by atoms with Crippen molar-refractivity contribution in [3.63, 3.8) is 0 Å². The van der Waals surface area contributed by atoms with E-state index in [9.17, 15) is 0 Å². The van der Waals surface area contributed by atoms with E-state index in [-0.39, 0.29) is 0 Å². The van der Waals surface area contributed by atoms with Crippen molar-refractivity contribution in [3.05, 3.63) is 35.9 Å². The van der Waals surface area contributed by atoms with Gasteiger partial charge in [-0.15, -0.1) is 0 Å². The van der Waals surface area contributed by atoms with Crippen molar-refractivity contribution in [2.75, 3.05) is 26.7 Å². The van der Waals surface area contributed by atoms with E-state index in [0.29, 0.717) is 12.1 Å². The molecule has 0 saturated carbocycles. The summed E-state index contributed by atoms with van der Waals surface area (Å²) in [4.78, 5) is 6.80. The van der Waals surface area contributed by atoms with E-state index in [2.05, 4.69) is 78.6 Å². The fraction of sp³-hybridized carbons (Fsp3) is 0.611. The molecular weight excluding hydrogens is 272 g/mol. The molecule has 0 aliphatic rings. The summed E-state index contributed by atoms with van der Waals surface area (Å²) >= 11 is 0. The number of benzene rings is 1. The van der Waals surface area contributed by atoms with Gasteiger partial charge in [0.05, 0.1) is 6.04 Å². The average Bonchev–Trinajstić information content (AvgIpc) is 2.57. The van der Waals surface area contributed by atoms with E-state index in [4.69, 9.17) is 0 Å². The first-order chi connectivity index (χ1) is 10.7. The predicted octanol–water partition coefficient (Wildman–Crippen LogP) is 3.03. The summed E-state index contributed by atoms with van der Waals surface area (Å²) < 4.78 is 0. The minimum absolute atomic E-state index is 0.353. The maximum atomic E-state index is 4.33. The first kappa shape index (κ1) is 18.5. The van der Waals surface area contributed by atoms with Crippen LogP contribution in [0, 0.1) is 0 Å². The van der Waals surface area contributed by atoms with Crippen LogP contribution in [0.4, 0.5) is 0 Å². The quantitative estimate of drug-likeness (QED) is 0.573. The molecule has 2 atom stereocenters. The number of hydrogen-bond acceptors (Lipinski definition) is 2. The summed E-state index contributed by atoms with van der Waals surface area (Å²) in [6, 6.07) is 11.5. The van der Waals surface area contributed by atoms with Crippen LogP contribution in [-0.4, -0.2) is 43.6 Å². The highest BCUT2D eigenvalue weighted by atomic mass is 15.2. The lowest BCUT2D eigenvalue weighted by Gasteiger charge is -2.31. The van der Waals surface area contributed by atoms with Crippen LogP contribution < -0.4 is 10.6 Å². The zero-order chi connectivity index (χ0) is 16.4. The molecule has 0 fully saturated rings. The van der Waals surface area contributed by atoms with E-state index in [1.54, 1.807) is 0 Å². The molecule has 1 rings (SSSR count). The van der Waals surface area contributed by atoms with E-state index in [1.165, 1.54) is 5.56 Å². The highest BCUT2D eigenvalue weighted by molar-refractivity contribution is 5.79. The Balaban J connectivity index is 2.77. The average molecular weight is 304 g/mol. The predicted molar refractivity (Wildman–Crippen MR) is 96.4 cm³/mol. The highest BCUT2D eigenvalue weighted by Gasteiger charge is 2.18. The third kappa shape index (κ3) is 5.68. The summed E-state index contributed by atoms with van der Waals surface area (Å²) in [5.74, 6) is 0.877. The number of rotatable bonds is 8. The van der Waals surface area contributed by atoms with Gasteiger partial charge in [-0.2, -0.15) is 0 Å². The fourth-order valence-electron chi connectivity index (χ4n) is 2.52. The van der Waals surface area contributed by atoms with Crippen molar-refractivity contribution in [1.82, 2.24) is 15.5 Å². The minimum Gasteiger partial charge on any atom is -0.354 e. The smallest absolute Gasteiger partial charge is 0.191 e. The van der Waals surface area contributed by atoms with Crippen LogP contribution in [0.3, 0.4) is 0 Å². The third-order valence-electron chi connectivity index (χ3n) is 4.12. The van der Waals surface area contributed by atoms with Crippen LogP contribution >= 0.6 is 0 Å². The molecule has 22 heavy (non-hydrogen) atoms. The van der Waals surface area contributed by atoms with Gasteiger partial charge in [0, 0.05) is 19.6 Å². The van der Waals surface area contributed by atoms with Gasteiger partial charge in [-0.1, -0.05) is 51.1 Å². The summed E-state index contributed by atoms with van der Waals surface area (Å²) in [6.07, 6.45) is 1.08. The number of likely N-dealkylation sites (N-methyl/N-ethyl adjacent to an activating group) is 1. The zero-order valence-corrected chi connectivity index (χ0v) is 14.8. The molecule has 0 radical (unpaired) electrons. The van der Waals surface area contributed by atoms with E-state index in [1.807, 2.05) is 7.05 Å². The van der Waals surface area contributed by atoms with Crippen LogP contribution in [-0.2, 0) is 0 Å². The first-order valence-corrected chi connectivity index (χ1v) is 8.42. The summed E-state index contributed by atoms with van der Waals surface area (Å²) in [5, 5.41) is 6.90. The molecule has 0 aliphatic carbocycles. The number of hydrogen-bond donors (Lipinski definition) is 2. The van der Waals surface area contributed by atoms with Crippen LogP contribution in [0.15, 0.2) is 35.3 Å². The molecule has 2 N–H and O–H groups in total. The normalized spacial score (nSPS) is 14.7. The van der Waals surface area contributed by atoms with Crippen molar-refractivity contribution in [2.24, 2.45) is 4.99 Å². The van der Waals surface area contributed by atoms with Crippen molar-refractivity contribution >= 4 is 5.96 Å². The SMILES string of the molecule is CCC(C)NC(=NC)NCC(c1ccccc1)N(CC)CC. The molecule has 1 aromatic rings. The van der Waals surface area contributed by atoms with E-state index < -0.39 is 0 Å². The second-order valence-corrected chi connectivity index (χ2v) is 5.55. The van der Waals surface area contributed by atoms with Gasteiger partial charge in [0.25, 0.3) is 0 Å². The Bertz CT molecular complexity index is 426. The molecule has 124 valence electrons. The van der Waals surface area contributed by atoms with Crippen LogP contribution in [0.5, 0.6) is 0 Å². The molecule has 0 saturated heterocycles. The largest absolute Gasteiger partial charge is 0.354 e. The Morgan fingerprint density at radius 1 is 1.14 bits per heavy atom. The Morgan fingerprint density at radius 3 is 2.27 bits per heavy atom. The Hall–Kier alpha value is -1.55. The molecule has 4 nitrogen and oxygen atoms in total. The third-order valence-corrected chi connectivity index (χ3v) is 4.12. The summed E-state index contributed by atoms with van der Waals surface area (Å²) in [5.41, 5.74) is 1.35. The number of nitrogens with one attached hydrogen (secondary N) is 2. The van der Waals surface area contributed by atoms with Gasteiger partial charge in [0.2, 0.25) is 0 Å². The van der Waals surface area contributed by atoms with Gasteiger partial charge in [-0.05, 0) is 32.0 Å². The van der Waals surface area contributed by atoms with Crippen LogP contribution in [0.1, 0.15) is 45.7 Å². The lowest BCUT2D eigenvalue weighted by molar-refractivity contribution is 0.219. The lowest BCUT2D eigenvalue weighted by Crippen LogP contribution is -2.45. The molecule has 0 bridgehead atoms. The van der Waals surface area contributed by atoms with E-state index >= 15 is 0 Å². The van der Waals surface area contributed by atoms with Gasteiger partial charge in [0.1, 0.15) is 0 Å². The monoisotopic (exact) mass is 304 g/mol. The first-order valence-electron chi connectivity index (χ1n) is 8.42. The standard InChI is InChI=1S/C18H32N4/c1-6-15(4)21-18(19-5)20-14-17(22(7-2)8-3)16-12-10-9-11-13-16/h9-13,15,17H,6-8,14H2,1-5H3,(H2,19,20,21). The number of nitrogens with zero attached hydrogens (tertiary/aromatic N) is 2. The fourth-order valence-corrected chi connectivity index (χ4v) is 2.52. The molecule has 4 heteroatoms. The maximum absolute atomic E-state index is 4.33. The molecule has 0 amide bonds. The molecule has 0 spiro atoms. The number of aliphatic imine (C=N–C) groups is 1. The lowest BCUT2D eigenvalue weighted by atomic mass is 10.1. The van der Waals surface area contributed by atoms with Crippen molar-refractivity contribution < 1.29 is 0 Å². The summed E-state index contributed by atoms with van der Waals surface area (Å²) in [7, 11) is 1.83. The van der Waals surface area contributed by atoms with Gasteiger partial charge in [-0.3, -0.25) is 9.89 Å². The van der Waals surface area contributed by atoms with E-state index in [0.717, 1.165) is 32.0 Å². The second-order valence-electron chi connectivity index (χ2n) is 5.55. The van der Waals surface area contributed by atoms with Crippen LogP contribution in [0.25, 0.3) is 0 Å². The Morgan fingerprint density at radius 2 is 1.77 bits per heavy atom. The zero-order valence-electron chi connectivity index (χ0n) is 14.8. The van der Waals surface area contributed by atoms with Crippen molar-refractivity contribution in [2.45, 2.75) is 46.2 Å². The Kier molecular flexibility index (Phi) is 8.60. The Labute approximate surface area is 136 Å². The number of guanidine groups is 1. The molecule has 0 aliphatic heterocycles. The van der Waals surface area contributed by atoms with Crippen molar-refractivity contribution in [3.8, 4) is 0 Å². The molecule has 2 unspecified atom stereocenters.